The highest BCUT2D eigenvalue weighted by Gasteiger charge is 2.09. The summed E-state index contributed by atoms with van der Waals surface area (Å²) < 4.78 is 5.69. The number of rotatable bonds is 4. The van der Waals surface area contributed by atoms with Crippen molar-refractivity contribution in [1.29, 1.82) is 0 Å². The van der Waals surface area contributed by atoms with E-state index < -0.39 is 0 Å². The molecule has 0 aliphatic carbocycles. The first kappa shape index (κ1) is 11.2. The highest BCUT2D eigenvalue weighted by Crippen LogP contribution is 2.25. The van der Waals surface area contributed by atoms with E-state index in [9.17, 15) is 0 Å². The van der Waals surface area contributed by atoms with Gasteiger partial charge in [0.05, 0.1) is 0 Å². The lowest BCUT2D eigenvalue weighted by Gasteiger charge is -2.18. The van der Waals surface area contributed by atoms with Gasteiger partial charge in [-0.3, -0.25) is 0 Å². The number of benzene rings is 1. The fraction of sp³-hybridized carbons (Fsp3) is 0.429. The number of ether oxygens (including phenoxy) is 1. The summed E-state index contributed by atoms with van der Waals surface area (Å²) in [6, 6.07) is 8.17. The van der Waals surface area contributed by atoms with Crippen LogP contribution in [0.25, 0.3) is 6.08 Å². The van der Waals surface area contributed by atoms with Gasteiger partial charge in [0.15, 0.2) is 0 Å². The summed E-state index contributed by atoms with van der Waals surface area (Å²) in [5.41, 5.74) is 2.51. The second kappa shape index (κ2) is 5.17. The van der Waals surface area contributed by atoms with Crippen LogP contribution in [0.2, 0.25) is 0 Å². The molecule has 1 N–H and O–H groups in total. The Balaban J connectivity index is 1.96. The predicted molar refractivity (Wildman–Crippen MR) is 67.6 cm³/mol. The molecular weight excluding hydrogens is 198 g/mol. The fourth-order valence-electron chi connectivity index (χ4n) is 1.79. The number of nitrogens with one attached hydrogen (secondary N) is 1. The maximum Gasteiger partial charge on any atom is 0.127 e. The number of para-hydroxylation sites is 1. The van der Waals surface area contributed by atoms with Gasteiger partial charge in [0.1, 0.15) is 12.4 Å². The second-order valence-electron chi connectivity index (χ2n) is 4.65. The van der Waals surface area contributed by atoms with Crippen LogP contribution >= 0.6 is 0 Å². The molecular formula is C14H19NO. The highest BCUT2D eigenvalue weighted by atomic mass is 16.5. The zero-order valence-corrected chi connectivity index (χ0v) is 9.99. The van der Waals surface area contributed by atoms with Crippen molar-refractivity contribution in [3.8, 4) is 5.75 Å². The third-order valence-corrected chi connectivity index (χ3v) is 2.60. The van der Waals surface area contributed by atoms with Crippen LogP contribution < -0.4 is 10.1 Å². The Hall–Kier alpha value is -1.28. The van der Waals surface area contributed by atoms with Gasteiger partial charge in [-0.25, -0.2) is 0 Å². The van der Waals surface area contributed by atoms with Crippen molar-refractivity contribution in [2.75, 3.05) is 19.7 Å². The fourth-order valence-corrected chi connectivity index (χ4v) is 1.79. The second-order valence-corrected chi connectivity index (χ2v) is 4.65. The number of hydrogen-bond donors (Lipinski definition) is 1. The largest absolute Gasteiger partial charge is 0.489 e. The molecule has 1 aromatic carbocycles. The third-order valence-electron chi connectivity index (χ3n) is 2.60. The van der Waals surface area contributed by atoms with Crippen LogP contribution in [0.1, 0.15) is 19.4 Å². The summed E-state index contributed by atoms with van der Waals surface area (Å²) in [5.74, 6) is 1.69. The molecule has 0 unspecified atom stereocenters. The number of fused-ring (bicyclic) bond motifs is 1. The van der Waals surface area contributed by atoms with Crippen molar-refractivity contribution in [1.82, 2.24) is 5.32 Å². The molecule has 1 heterocycles. The Bertz CT molecular complexity index is 382. The average molecular weight is 217 g/mol. The van der Waals surface area contributed by atoms with E-state index in [0.29, 0.717) is 12.5 Å². The SMILES string of the molecule is CC(C)CNCC1=Cc2ccccc2OC1. The lowest BCUT2D eigenvalue weighted by Crippen LogP contribution is -2.25. The summed E-state index contributed by atoms with van der Waals surface area (Å²) in [6.07, 6.45) is 2.23. The van der Waals surface area contributed by atoms with Crippen LogP contribution in [0.4, 0.5) is 0 Å². The van der Waals surface area contributed by atoms with Crippen LogP contribution in [0.15, 0.2) is 29.8 Å². The van der Waals surface area contributed by atoms with Gasteiger partial charge in [-0.2, -0.15) is 0 Å². The molecule has 2 rings (SSSR count). The van der Waals surface area contributed by atoms with Crippen molar-refractivity contribution in [3.63, 3.8) is 0 Å². The topological polar surface area (TPSA) is 21.3 Å². The van der Waals surface area contributed by atoms with E-state index in [1.165, 1.54) is 11.1 Å². The Kier molecular flexibility index (Phi) is 3.62. The van der Waals surface area contributed by atoms with Crippen molar-refractivity contribution < 1.29 is 4.74 Å². The van der Waals surface area contributed by atoms with E-state index in [-0.39, 0.29) is 0 Å². The van der Waals surface area contributed by atoms with Crippen molar-refractivity contribution >= 4 is 6.08 Å². The van der Waals surface area contributed by atoms with Crippen LogP contribution in [0, 0.1) is 5.92 Å². The molecule has 2 nitrogen and oxygen atoms in total. The summed E-state index contributed by atoms with van der Waals surface area (Å²) in [4.78, 5) is 0. The van der Waals surface area contributed by atoms with Gasteiger partial charge < -0.3 is 10.1 Å². The molecule has 16 heavy (non-hydrogen) atoms. The minimum Gasteiger partial charge on any atom is -0.489 e. The van der Waals surface area contributed by atoms with Crippen LogP contribution in [0.5, 0.6) is 5.75 Å². The van der Waals surface area contributed by atoms with Crippen molar-refractivity contribution in [2.24, 2.45) is 5.92 Å². The smallest absolute Gasteiger partial charge is 0.127 e. The molecule has 0 saturated heterocycles. The Morgan fingerprint density at radius 3 is 2.94 bits per heavy atom. The Labute approximate surface area is 97.3 Å². The molecule has 1 aliphatic heterocycles. The third kappa shape index (κ3) is 2.86. The van der Waals surface area contributed by atoms with E-state index in [1.54, 1.807) is 0 Å². The Morgan fingerprint density at radius 1 is 1.31 bits per heavy atom. The van der Waals surface area contributed by atoms with E-state index in [1.807, 2.05) is 18.2 Å². The van der Waals surface area contributed by atoms with Crippen LogP contribution in [0.3, 0.4) is 0 Å². The molecule has 0 aromatic heterocycles. The monoisotopic (exact) mass is 217 g/mol. The van der Waals surface area contributed by atoms with Gasteiger partial charge in [0, 0.05) is 12.1 Å². The molecule has 0 bridgehead atoms. The minimum absolute atomic E-state index is 0.692. The van der Waals surface area contributed by atoms with Crippen LogP contribution in [-0.4, -0.2) is 19.7 Å². The molecule has 86 valence electrons. The summed E-state index contributed by atoms with van der Waals surface area (Å²) in [5, 5.41) is 3.44. The molecule has 0 saturated carbocycles. The lowest BCUT2D eigenvalue weighted by atomic mass is 10.1. The number of hydrogen-bond acceptors (Lipinski definition) is 2. The molecule has 2 heteroatoms. The maximum atomic E-state index is 5.69. The Morgan fingerprint density at radius 2 is 2.12 bits per heavy atom. The zero-order valence-electron chi connectivity index (χ0n) is 9.99. The average Bonchev–Trinajstić information content (AvgIpc) is 2.28. The van der Waals surface area contributed by atoms with Gasteiger partial charge in [0.25, 0.3) is 0 Å². The standard InChI is InChI=1S/C14H19NO/c1-11(2)8-15-9-12-7-13-5-3-4-6-14(13)16-10-12/h3-7,11,15H,8-10H2,1-2H3. The molecule has 0 radical (unpaired) electrons. The molecule has 1 aliphatic rings. The molecule has 0 amide bonds. The van der Waals surface area contributed by atoms with Gasteiger partial charge in [-0.1, -0.05) is 32.0 Å². The van der Waals surface area contributed by atoms with Crippen molar-refractivity contribution in [2.45, 2.75) is 13.8 Å². The molecule has 0 spiro atoms. The first-order chi connectivity index (χ1) is 7.75. The highest BCUT2D eigenvalue weighted by molar-refractivity contribution is 5.62. The summed E-state index contributed by atoms with van der Waals surface area (Å²) in [7, 11) is 0. The summed E-state index contributed by atoms with van der Waals surface area (Å²) >= 11 is 0. The summed E-state index contributed by atoms with van der Waals surface area (Å²) in [6.45, 7) is 7.12. The zero-order chi connectivity index (χ0) is 11.4. The quantitative estimate of drug-likeness (QED) is 0.837. The lowest BCUT2D eigenvalue weighted by molar-refractivity contribution is 0.342. The molecule has 0 fully saturated rings. The first-order valence-electron chi connectivity index (χ1n) is 5.87. The van der Waals surface area contributed by atoms with Gasteiger partial charge in [-0.05, 0) is 30.2 Å². The minimum atomic E-state index is 0.692. The van der Waals surface area contributed by atoms with E-state index in [2.05, 4.69) is 31.3 Å². The molecule has 1 aromatic rings. The van der Waals surface area contributed by atoms with E-state index in [0.717, 1.165) is 18.8 Å². The van der Waals surface area contributed by atoms with Crippen molar-refractivity contribution in [3.05, 3.63) is 35.4 Å². The van der Waals surface area contributed by atoms with Gasteiger partial charge >= 0.3 is 0 Å². The van der Waals surface area contributed by atoms with Gasteiger partial charge in [0.2, 0.25) is 0 Å². The van der Waals surface area contributed by atoms with E-state index in [4.69, 9.17) is 4.74 Å². The molecule has 0 atom stereocenters. The van der Waals surface area contributed by atoms with Gasteiger partial charge in [-0.15, -0.1) is 0 Å². The first-order valence-corrected chi connectivity index (χ1v) is 5.87. The maximum absolute atomic E-state index is 5.69. The predicted octanol–water partition coefficient (Wildman–Crippen LogP) is 2.71. The van der Waals surface area contributed by atoms with E-state index >= 15 is 0 Å². The van der Waals surface area contributed by atoms with Crippen LogP contribution in [-0.2, 0) is 0 Å². The normalized spacial score (nSPS) is 14.3.